The fraction of sp³-hybridized carbons (Fsp3) is 0.579. The lowest BCUT2D eigenvalue weighted by molar-refractivity contribution is -0.135. The number of nitrogens with one attached hydrogen (secondary N) is 1. The van der Waals surface area contributed by atoms with Crippen LogP contribution in [0.15, 0.2) is 28.7 Å². The van der Waals surface area contributed by atoms with Gasteiger partial charge in [0.25, 0.3) is 6.01 Å². The fourth-order valence-corrected chi connectivity index (χ4v) is 4.06. The predicted octanol–water partition coefficient (Wildman–Crippen LogP) is 2.11. The maximum absolute atomic E-state index is 12.8. The van der Waals surface area contributed by atoms with E-state index in [0.717, 1.165) is 63.1 Å². The molecule has 0 radical (unpaired) electrons. The van der Waals surface area contributed by atoms with Gasteiger partial charge in [-0.2, -0.15) is 4.98 Å². The molecule has 6 nitrogen and oxygen atoms in total. The number of amides is 1. The van der Waals surface area contributed by atoms with E-state index in [1.165, 1.54) is 0 Å². The quantitative estimate of drug-likeness (QED) is 0.922. The molecule has 2 aromatic rings. The molecule has 0 spiro atoms. The molecule has 4 rings (SSSR count). The van der Waals surface area contributed by atoms with Gasteiger partial charge in [-0.25, -0.2) is 0 Å². The lowest BCUT2D eigenvalue weighted by Gasteiger charge is -2.32. The van der Waals surface area contributed by atoms with Crippen molar-refractivity contribution in [2.45, 2.75) is 19.3 Å². The zero-order valence-corrected chi connectivity index (χ0v) is 14.8. The van der Waals surface area contributed by atoms with E-state index in [0.29, 0.717) is 17.8 Å². The molecular weight excluding hydrogens is 316 g/mol. The molecule has 1 aromatic heterocycles. The van der Waals surface area contributed by atoms with Crippen LogP contribution in [0, 0.1) is 11.8 Å². The number of nitrogens with zero attached hydrogens (tertiary/aromatic N) is 3. The van der Waals surface area contributed by atoms with E-state index in [9.17, 15) is 4.79 Å². The molecule has 0 aliphatic carbocycles. The molecule has 2 fully saturated rings. The first-order valence-corrected chi connectivity index (χ1v) is 9.28. The zero-order valence-electron chi connectivity index (χ0n) is 14.8. The molecule has 0 saturated carbocycles. The van der Waals surface area contributed by atoms with Gasteiger partial charge in [0.2, 0.25) is 5.91 Å². The van der Waals surface area contributed by atoms with Gasteiger partial charge in [-0.05, 0) is 50.9 Å². The van der Waals surface area contributed by atoms with E-state index in [2.05, 4.69) is 20.1 Å². The fourth-order valence-electron chi connectivity index (χ4n) is 4.06. The summed E-state index contributed by atoms with van der Waals surface area (Å²) in [7, 11) is 1.98. The molecule has 2 aliphatic heterocycles. The van der Waals surface area contributed by atoms with Crippen LogP contribution >= 0.6 is 0 Å². The maximum atomic E-state index is 12.8. The highest BCUT2D eigenvalue weighted by Crippen LogP contribution is 2.28. The van der Waals surface area contributed by atoms with Gasteiger partial charge in [-0.15, -0.1) is 0 Å². The number of hydrogen-bond donors (Lipinski definition) is 1. The van der Waals surface area contributed by atoms with Gasteiger partial charge in [-0.3, -0.25) is 4.79 Å². The summed E-state index contributed by atoms with van der Waals surface area (Å²) in [6.45, 7) is 4.48. The van der Waals surface area contributed by atoms with Crippen LogP contribution in [-0.2, 0) is 4.79 Å². The highest BCUT2D eigenvalue weighted by molar-refractivity contribution is 5.79. The first-order chi connectivity index (χ1) is 12.2. The van der Waals surface area contributed by atoms with Crippen molar-refractivity contribution in [3.63, 3.8) is 0 Å². The zero-order chi connectivity index (χ0) is 17.2. The molecule has 1 unspecified atom stereocenters. The van der Waals surface area contributed by atoms with Crippen molar-refractivity contribution in [2.75, 3.05) is 44.7 Å². The number of hydrogen-bond acceptors (Lipinski definition) is 5. The van der Waals surface area contributed by atoms with Crippen LogP contribution in [0.25, 0.3) is 11.1 Å². The van der Waals surface area contributed by atoms with E-state index in [1.807, 2.05) is 31.3 Å². The molecule has 6 heteroatoms. The number of carbonyl (C=O) groups excluding carboxylic acids is 1. The number of para-hydroxylation sites is 2. The Morgan fingerprint density at radius 2 is 2.04 bits per heavy atom. The third kappa shape index (κ3) is 3.35. The second kappa shape index (κ2) is 7.04. The number of fused-ring (bicyclic) bond motifs is 1. The smallest absolute Gasteiger partial charge is 0.298 e. The van der Waals surface area contributed by atoms with E-state index < -0.39 is 0 Å². The van der Waals surface area contributed by atoms with Crippen LogP contribution in [-0.4, -0.2) is 55.6 Å². The van der Waals surface area contributed by atoms with Crippen molar-refractivity contribution in [3.8, 4) is 0 Å². The SMILES string of the molecule is CNCC1CCN(C(=O)C2CCN(c3nc4ccccc4o3)CC2)C1. The van der Waals surface area contributed by atoms with Crippen molar-refractivity contribution >= 4 is 23.0 Å². The monoisotopic (exact) mass is 342 g/mol. The number of oxazole rings is 1. The lowest BCUT2D eigenvalue weighted by atomic mass is 9.95. The molecule has 25 heavy (non-hydrogen) atoms. The Morgan fingerprint density at radius 3 is 2.80 bits per heavy atom. The van der Waals surface area contributed by atoms with Crippen LogP contribution in [0.2, 0.25) is 0 Å². The van der Waals surface area contributed by atoms with E-state index in [1.54, 1.807) is 0 Å². The molecule has 1 N–H and O–H groups in total. The van der Waals surface area contributed by atoms with Gasteiger partial charge >= 0.3 is 0 Å². The average Bonchev–Trinajstić information content (AvgIpc) is 3.28. The molecular formula is C19H26N4O2. The summed E-state index contributed by atoms with van der Waals surface area (Å²) < 4.78 is 5.86. The number of anilines is 1. The van der Waals surface area contributed by atoms with Gasteiger partial charge in [0.15, 0.2) is 5.58 Å². The van der Waals surface area contributed by atoms with Gasteiger partial charge in [0.1, 0.15) is 5.52 Å². The Kier molecular flexibility index (Phi) is 4.61. The number of aromatic nitrogens is 1. The topological polar surface area (TPSA) is 61.6 Å². The highest BCUT2D eigenvalue weighted by Gasteiger charge is 2.33. The number of rotatable bonds is 4. The van der Waals surface area contributed by atoms with Gasteiger partial charge in [0.05, 0.1) is 0 Å². The molecule has 2 saturated heterocycles. The Labute approximate surface area is 148 Å². The minimum absolute atomic E-state index is 0.147. The number of piperidine rings is 1. The summed E-state index contributed by atoms with van der Waals surface area (Å²) in [4.78, 5) is 21.6. The molecule has 3 heterocycles. The predicted molar refractivity (Wildman–Crippen MR) is 97.6 cm³/mol. The Bertz CT molecular complexity index is 703. The molecule has 2 aliphatic rings. The summed E-state index contributed by atoms with van der Waals surface area (Å²) in [6, 6.07) is 8.52. The van der Waals surface area contributed by atoms with Crippen molar-refractivity contribution in [1.29, 1.82) is 0 Å². The molecule has 0 bridgehead atoms. The van der Waals surface area contributed by atoms with Crippen molar-refractivity contribution in [2.24, 2.45) is 11.8 Å². The normalized spacial score (nSPS) is 22.0. The Morgan fingerprint density at radius 1 is 1.24 bits per heavy atom. The van der Waals surface area contributed by atoms with Gasteiger partial charge < -0.3 is 19.5 Å². The lowest BCUT2D eigenvalue weighted by Crippen LogP contribution is -2.42. The summed E-state index contributed by atoms with van der Waals surface area (Å²) in [5, 5.41) is 3.22. The molecule has 1 amide bonds. The summed E-state index contributed by atoms with van der Waals surface area (Å²) in [6.07, 6.45) is 2.88. The summed E-state index contributed by atoms with van der Waals surface area (Å²) >= 11 is 0. The van der Waals surface area contributed by atoms with E-state index >= 15 is 0 Å². The second-order valence-corrected chi connectivity index (χ2v) is 7.22. The van der Waals surface area contributed by atoms with Gasteiger partial charge in [0, 0.05) is 32.1 Å². The summed E-state index contributed by atoms with van der Waals surface area (Å²) in [5.74, 6) is 1.10. The van der Waals surface area contributed by atoms with Crippen LogP contribution < -0.4 is 10.2 Å². The average molecular weight is 342 g/mol. The minimum atomic E-state index is 0.147. The maximum Gasteiger partial charge on any atom is 0.298 e. The highest BCUT2D eigenvalue weighted by atomic mass is 16.4. The summed E-state index contributed by atoms with van der Waals surface area (Å²) in [5.41, 5.74) is 1.71. The molecule has 134 valence electrons. The largest absolute Gasteiger partial charge is 0.423 e. The second-order valence-electron chi connectivity index (χ2n) is 7.22. The van der Waals surface area contributed by atoms with Crippen molar-refractivity contribution < 1.29 is 9.21 Å². The van der Waals surface area contributed by atoms with Crippen molar-refractivity contribution in [1.82, 2.24) is 15.2 Å². The standard InChI is InChI=1S/C19H26N4O2/c1-20-12-14-6-9-23(13-14)18(24)15-7-10-22(11-8-15)19-21-16-4-2-3-5-17(16)25-19/h2-5,14-15,20H,6-13H2,1H3. The third-order valence-corrected chi connectivity index (χ3v) is 5.49. The van der Waals surface area contributed by atoms with Crippen LogP contribution in [0.5, 0.6) is 0 Å². The van der Waals surface area contributed by atoms with E-state index in [4.69, 9.17) is 4.42 Å². The van der Waals surface area contributed by atoms with Gasteiger partial charge in [-0.1, -0.05) is 12.1 Å². The van der Waals surface area contributed by atoms with E-state index in [-0.39, 0.29) is 5.92 Å². The van der Waals surface area contributed by atoms with Crippen LogP contribution in [0.3, 0.4) is 0 Å². The minimum Gasteiger partial charge on any atom is -0.423 e. The third-order valence-electron chi connectivity index (χ3n) is 5.49. The number of carbonyl (C=O) groups is 1. The number of likely N-dealkylation sites (tertiary alicyclic amines) is 1. The Hall–Kier alpha value is -2.08. The van der Waals surface area contributed by atoms with Crippen LogP contribution in [0.1, 0.15) is 19.3 Å². The first-order valence-electron chi connectivity index (χ1n) is 9.28. The Balaban J connectivity index is 1.34. The van der Waals surface area contributed by atoms with Crippen LogP contribution in [0.4, 0.5) is 6.01 Å². The first kappa shape index (κ1) is 16.4. The van der Waals surface area contributed by atoms with Crippen molar-refractivity contribution in [3.05, 3.63) is 24.3 Å². The molecule has 1 atom stereocenters. The molecule has 1 aromatic carbocycles. The number of benzene rings is 1.